The molecule has 19 heavy (non-hydrogen) atoms. The van der Waals surface area contributed by atoms with Gasteiger partial charge in [-0.25, -0.2) is 0 Å². The average Bonchev–Trinajstić information content (AvgIpc) is 2.84. The van der Waals surface area contributed by atoms with Crippen molar-refractivity contribution in [2.75, 3.05) is 11.9 Å². The highest BCUT2D eigenvalue weighted by Gasteiger charge is 2.31. The summed E-state index contributed by atoms with van der Waals surface area (Å²) in [5, 5.41) is 5.48. The van der Waals surface area contributed by atoms with Gasteiger partial charge in [0.05, 0.1) is 22.3 Å². The van der Waals surface area contributed by atoms with Gasteiger partial charge in [-0.15, -0.1) is 0 Å². The summed E-state index contributed by atoms with van der Waals surface area (Å²) in [5.74, 6) is -0.362. The summed E-state index contributed by atoms with van der Waals surface area (Å²) < 4.78 is 37.7. The minimum atomic E-state index is -4.46. The molecule has 1 amide bonds. The summed E-state index contributed by atoms with van der Waals surface area (Å²) in [4.78, 5) is 11.8. The fourth-order valence-corrected chi connectivity index (χ4v) is 2.09. The number of benzene rings is 1. The second-order valence-electron chi connectivity index (χ2n) is 4.33. The van der Waals surface area contributed by atoms with Crippen LogP contribution in [0, 0.1) is 0 Å². The van der Waals surface area contributed by atoms with E-state index >= 15 is 0 Å². The summed E-state index contributed by atoms with van der Waals surface area (Å²) in [7, 11) is 0. The van der Waals surface area contributed by atoms with Crippen molar-refractivity contribution in [3.05, 3.63) is 28.8 Å². The third-order valence-corrected chi connectivity index (χ3v) is 3.26. The van der Waals surface area contributed by atoms with Crippen LogP contribution in [-0.4, -0.2) is 18.5 Å². The van der Waals surface area contributed by atoms with E-state index in [1.807, 2.05) is 0 Å². The summed E-state index contributed by atoms with van der Waals surface area (Å²) >= 11 is 5.79. The maximum Gasteiger partial charge on any atom is 0.416 e. The Morgan fingerprint density at radius 1 is 1.42 bits per heavy atom. The van der Waals surface area contributed by atoms with Gasteiger partial charge in [-0.05, 0) is 37.6 Å². The lowest BCUT2D eigenvalue weighted by atomic mass is 10.1. The van der Waals surface area contributed by atoms with E-state index in [-0.39, 0.29) is 22.7 Å². The normalized spacial score (nSPS) is 19.5. The Kier molecular flexibility index (Phi) is 4.01. The zero-order valence-electron chi connectivity index (χ0n) is 9.85. The van der Waals surface area contributed by atoms with E-state index in [4.69, 9.17) is 11.6 Å². The fraction of sp³-hybridized carbons (Fsp3) is 0.417. The van der Waals surface area contributed by atoms with Gasteiger partial charge in [0, 0.05) is 0 Å². The molecule has 0 bridgehead atoms. The van der Waals surface area contributed by atoms with E-state index in [1.165, 1.54) is 0 Å². The van der Waals surface area contributed by atoms with Gasteiger partial charge < -0.3 is 10.6 Å². The second-order valence-corrected chi connectivity index (χ2v) is 4.74. The molecular formula is C12H12ClF3N2O. The molecule has 0 radical (unpaired) electrons. The van der Waals surface area contributed by atoms with E-state index in [1.54, 1.807) is 0 Å². The van der Waals surface area contributed by atoms with Gasteiger partial charge in [0.25, 0.3) is 0 Å². The molecule has 1 saturated heterocycles. The first-order valence-electron chi connectivity index (χ1n) is 5.79. The van der Waals surface area contributed by atoms with Crippen molar-refractivity contribution in [1.29, 1.82) is 0 Å². The number of carbonyl (C=O) groups is 1. The number of hydrogen-bond donors (Lipinski definition) is 2. The van der Waals surface area contributed by atoms with Crippen molar-refractivity contribution >= 4 is 23.2 Å². The molecule has 2 N–H and O–H groups in total. The fourth-order valence-electron chi connectivity index (χ4n) is 1.93. The Labute approximate surface area is 113 Å². The van der Waals surface area contributed by atoms with E-state index < -0.39 is 11.7 Å². The Morgan fingerprint density at radius 2 is 2.16 bits per heavy atom. The quantitative estimate of drug-likeness (QED) is 0.879. The lowest BCUT2D eigenvalue weighted by Crippen LogP contribution is -2.35. The molecule has 1 aromatic carbocycles. The molecule has 2 rings (SSSR count). The van der Waals surface area contributed by atoms with Gasteiger partial charge in [0.1, 0.15) is 0 Å². The van der Waals surface area contributed by atoms with Crippen LogP contribution in [0.15, 0.2) is 18.2 Å². The number of hydrogen-bond acceptors (Lipinski definition) is 2. The van der Waals surface area contributed by atoms with Gasteiger partial charge in [0.2, 0.25) is 5.91 Å². The number of alkyl halides is 3. The number of nitrogens with one attached hydrogen (secondary N) is 2. The minimum absolute atomic E-state index is 0.0183. The predicted octanol–water partition coefficient (Wildman–Crippen LogP) is 3.05. The molecule has 1 aromatic rings. The van der Waals surface area contributed by atoms with Crippen LogP contribution in [-0.2, 0) is 11.0 Å². The highest BCUT2D eigenvalue weighted by molar-refractivity contribution is 6.33. The zero-order chi connectivity index (χ0) is 14.0. The molecule has 104 valence electrons. The molecule has 1 atom stereocenters. The van der Waals surface area contributed by atoms with Crippen LogP contribution in [0.4, 0.5) is 18.9 Å². The number of carbonyl (C=O) groups excluding carboxylic acids is 1. The largest absolute Gasteiger partial charge is 0.416 e. The van der Waals surface area contributed by atoms with Gasteiger partial charge in [-0.1, -0.05) is 11.6 Å². The van der Waals surface area contributed by atoms with Gasteiger partial charge in [0.15, 0.2) is 0 Å². The molecule has 1 fully saturated rings. The van der Waals surface area contributed by atoms with Crippen molar-refractivity contribution < 1.29 is 18.0 Å². The number of halogens is 4. The van der Waals surface area contributed by atoms with Crippen molar-refractivity contribution in [2.24, 2.45) is 0 Å². The van der Waals surface area contributed by atoms with E-state index in [0.29, 0.717) is 6.42 Å². The van der Waals surface area contributed by atoms with Crippen molar-refractivity contribution in [2.45, 2.75) is 25.1 Å². The summed E-state index contributed by atoms with van der Waals surface area (Å²) in [6, 6.07) is 2.48. The molecule has 1 heterocycles. The van der Waals surface area contributed by atoms with Crippen molar-refractivity contribution in [1.82, 2.24) is 5.32 Å². The van der Waals surface area contributed by atoms with Crippen LogP contribution in [0.1, 0.15) is 18.4 Å². The number of anilines is 1. The summed E-state index contributed by atoms with van der Waals surface area (Å²) in [5.41, 5.74) is -0.859. The second kappa shape index (κ2) is 5.38. The molecule has 0 saturated carbocycles. The van der Waals surface area contributed by atoms with Crippen LogP contribution in [0.2, 0.25) is 5.02 Å². The maximum absolute atomic E-state index is 12.6. The smallest absolute Gasteiger partial charge is 0.323 e. The Bertz CT molecular complexity index is 484. The molecule has 3 nitrogen and oxygen atoms in total. The predicted molar refractivity (Wildman–Crippen MR) is 66.1 cm³/mol. The van der Waals surface area contributed by atoms with Crippen molar-refractivity contribution in [3.8, 4) is 0 Å². The first kappa shape index (κ1) is 14.1. The Morgan fingerprint density at radius 3 is 2.74 bits per heavy atom. The number of amides is 1. The molecule has 0 aliphatic carbocycles. The first-order chi connectivity index (χ1) is 8.88. The van der Waals surface area contributed by atoms with E-state index in [9.17, 15) is 18.0 Å². The average molecular weight is 293 g/mol. The van der Waals surface area contributed by atoms with Crippen LogP contribution >= 0.6 is 11.6 Å². The van der Waals surface area contributed by atoms with Gasteiger partial charge >= 0.3 is 6.18 Å². The highest BCUT2D eigenvalue weighted by Crippen LogP contribution is 2.33. The number of rotatable bonds is 2. The highest BCUT2D eigenvalue weighted by atomic mass is 35.5. The molecule has 0 spiro atoms. The molecule has 7 heteroatoms. The van der Waals surface area contributed by atoms with Crippen LogP contribution in [0.3, 0.4) is 0 Å². The van der Waals surface area contributed by atoms with E-state index in [2.05, 4.69) is 10.6 Å². The molecule has 0 unspecified atom stereocenters. The summed E-state index contributed by atoms with van der Waals surface area (Å²) in [6.45, 7) is 0.731. The lowest BCUT2D eigenvalue weighted by molar-refractivity contribution is -0.137. The Balaban J connectivity index is 2.17. The first-order valence-corrected chi connectivity index (χ1v) is 6.17. The standard InChI is InChI=1S/C12H12ClF3N2O/c13-8-4-3-7(12(14,15)16)6-10(8)18-11(19)9-2-1-5-17-9/h3-4,6,9,17H,1-2,5H2,(H,18,19)/t9-/m1/s1. The molecule has 1 aliphatic rings. The van der Waals surface area contributed by atoms with E-state index in [0.717, 1.165) is 31.2 Å². The van der Waals surface area contributed by atoms with Crippen molar-refractivity contribution in [3.63, 3.8) is 0 Å². The van der Waals surface area contributed by atoms with Gasteiger partial charge in [-0.2, -0.15) is 13.2 Å². The topological polar surface area (TPSA) is 41.1 Å². The monoisotopic (exact) mass is 292 g/mol. The van der Waals surface area contributed by atoms with Crippen LogP contribution in [0.5, 0.6) is 0 Å². The minimum Gasteiger partial charge on any atom is -0.323 e. The molecule has 0 aromatic heterocycles. The maximum atomic E-state index is 12.6. The third kappa shape index (κ3) is 3.39. The van der Waals surface area contributed by atoms with Crippen LogP contribution in [0.25, 0.3) is 0 Å². The zero-order valence-corrected chi connectivity index (χ0v) is 10.6. The molecule has 1 aliphatic heterocycles. The van der Waals surface area contributed by atoms with Gasteiger partial charge in [-0.3, -0.25) is 4.79 Å². The van der Waals surface area contributed by atoms with Crippen LogP contribution < -0.4 is 10.6 Å². The SMILES string of the molecule is O=C(Nc1cc(C(F)(F)F)ccc1Cl)[C@H]1CCCN1. The Hall–Kier alpha value is -1.27. The third-order valence-electron chi connectivity index (χ3n) is 2.93. The molecular weight excluding hydrogens is 281 g/mol. The summed E-state index contributed by atoms with van der Waals surface area (Å²) in [6.07, 6.45) is -2.92. The lowest BCUT2D eigenvalue weighted by Gasteiger charge is -2.14.